The summed E-state index contributed by atoms with van der Waals surface area (Å²) >= 11 is 7.12. The molecule has 2 N–H and O–H groups in total. The smallest absolute Gasteiger partial charge is 0.252 e. The normalized spacial score (nSPS) is 30.0. The molecule has 9 heteroatoms. The Hall–Kier alpha value is -1.45. The Morgan fingerprint density at radius 2 is 1.59 bits per heavy atom. The molecule has 1 saturated heterocycles. The van der Waals surface area contributed by atoms with Crippen LogP contribution in [0.2, 0.25) is 5.02 Å². The van der Waals surface area contributed by atoms with Crippen LogP contribution in [0, 0.1) is 23.2 Å². The summed E-state index contributed by atoms with van der Waals surface area (Å²) in [5.74, 6) is 2.67. The lowest BCUT2D eigenvalue weighted by Gasteiger charge is -2.57. The van der Waals surface area contributed by atoms with E-state index in [1.54, 1.807) is 40.7 Å². The molecule has 4 bridgehead atoms. The molecule has 1 aliphatic heterocycles. The molecule has 0 atom stereocenters. The lowest BCUT2D eigenvalue weighted by Crippen LogP contribution is -2.53. The predicted octanol–water partition coefficient (Wildman–Crippen LogP) is 5.29. The van der Waals surface area contributed by atoms with Gasteiger partial charge in [0.15, 0.2) is 0 Å². The van der Waals surface area contributed by atoms with Crippen molar-refractivity contribution >= 4 is 38.9 Å². The van der Waals surface area contributed by atoms with Crippen LogP contribution in [-0.2, 0) is 16.6 Å². The topological polar surface area (TPSA) is 78.5 Å². The first-order valence-corrected chi connectivity index (χ1v) is 16.3. The van der Waals surface area contributed by atoms with Gasteiger partial charge in [-0.2, -0.15) is 4.31 Å². The van der Waals surface area contributed by atoms with Crippen LogP contribution in [0.15, 0.2) is 40.6 Å². The molecule has 5 fully saturated rings. The number of sulfonamides is 1. The molecular formula is C28H36ClN3O3S2. The molecule has 2 aromatic rings. The van der Waals surface area contributed by atoms with Crippen molar-refractivity contribution in [2.45, 2.75) is 68.2 Å². The van der Waals surface area contributed by atoms with E-state index in [9.17, 15) is 13.2 Å². The van der Waals surface area contributed by atoms with Gasteiger partial charge >= 0.3 is 0 Å². The number of hydrogen-bond donors (Lipinski definition) is 2. The minimum absolute atomic E-state index is 0.211. The largest absolute Gasteiger partial charge is 0.347 e. The molecule has 0 unspecified atom stereocenters. The third-order valence-corrected chi connectivity index (χ3v) is 12.8. The van der Waals surface area contributed by atoms with Gasteiger partial charge in [0.05, 0.1) is 6.54 Å². The standard InChI is InChI=1S/C28H36ClN3O3S2/c29-23-3-1-22(2-4-23)27(33)30-17-25-5-6-26(36-25)37(34,35)32-9-7-24(8-10-32)31-18-28-14-19-11-20(15-28)13-21(12-19)16-28/h1-6,19-21,24,31H,7-18H2,(H,30,33). The number of amides is 1. The Labute approximate surface area is 229 Å². The molecule has 0 spiro atoms. The molecule has 4 saturated carbocycles. The van der Waals surface area contributed by atoms with Gasteiger partial charge in [-0.25, -0.2) is 8.42 Å². The molecule has 37 heavy (non-hydrogen) atoms. The van der Waals surface area contributed by atoms with Crippen LogP contribution in [0.5, 0.6) is 0 Å². The Balaban J connectivity index is 0.992. The molecule has 5 aliphatic rings. The van der Waals surface area contributed by atoms with Gasteiger partial charge in [-0.1, -0.05) is 11.6 Å². The van der Waals surface area contributed by atoms with Crippen molar-refractivity contribution in [1.82, 2.24) is 14.9 Å². The molecule has 200 valence electrons. The van der Waals surface area contributed by atoms with Gasteiger partial charge in [-0.05, 0) is 111 Å². The minimum Gasteiger partial charge on any atom is -0.347 e. The van der Waals surface area contributed by atoms with Crippen molar-refractivity contribution in [2.24, 2.45) is 23.2 Å². The van der Waals surface area contributed by atoms with E-state index in [0.717, 1.165) is 42.0 Å². The van der Waals surface area contributed by atoms with Crippen LogP contribution in [0.3, 0.4) is 0 Å². The van der Waals surface area contributed by atoms with Crippen molar-refractivity contribution in [3.63, 3.8) is 0 Å². The molecule has 2 heterocycles. The van der Waals surface area contributed by atoms with E-state index in [1.165, 1.54) is 49.9 Å². The first kappa shape index (κ1) is 25.8. The lowest BCUT2D eigenvalue weighted by molar-refractivity contribution is -0.0530. The van der Waals surface area contributed by atoms with E-state index >= 15 is 0 Å². The zero-order valence-electron chi connectivity index (χ0n) is 21.1. The number of thiophene rings is 1. The van der Waals surface area contributed by atoms with Crippen LogP contribution in [0.4, 0.5) is 0 Å². The fraction of sp³-hybridized carbons (Fsp3) is 0.607. The molecule has 0 radical (unpaired) electrons. The number of halogens is 1. The zero-order valence-corrected chi connectivity index (χ0v) is 23.5. The van der Waals surface area contributed by atoms with Crippen molar-refractivity contribution in [2.75, 3.05) is 19.6 Å². The van der Waals surface area contributed by atoms with Gasteiger partial charge in [0.2, 0.25) is 0 Å². The summed E-state index contributed by atoms with van der Waals surface area (Å²) in [4.78, 5) is 13.2. The number of nitrogens with one attached hydrogen (secondary N) is 2. The highest BCUT2D eigenvalue weighted by atomic mass is 35.5. The summed E-state index contributed by atoms with van der Waals surface area (Å²) in [5.41, 5.74) is 1.03. The average molecular weight is 562 g/mol. The number of nitrogens with zero attached hydrogens (tertiary/aromatic N) is 1. The number of benzene rings is 1. The van der Waals surface area contributed by atoms with Gasteiger partial charge in [0, 0.05) is 41.1 Å². The van der Waals surface area contributed by atoms with E-state index in [-0.39, 0.29) is 12.5 Å². The second-order valence-corrected chi connectivity index (χ2v) is 15.7. The Kier molecular flexibility index (Phi) is 7.16. The Morgan fingerprint density at radius 3 is 2.22 bits per heavy atom. The van der Waals surface area contributed by atoms with Crippen LogP contribution >= 0.6 is 22.9 Å². The Bertz CT molecular complexity index is 1200. The number of carbonyl (C=O) groups is 1. The molecule has 1 aromatic heterocycles. The van der Waals surface area contributed by atoms with E-state index in [1.807, 2.05) is 0 Å². The maximum Gasteiger partial charge on any atom is 0.252 e. The molecule has 1 aromatic carbocycles. The second-order valence-electron chi connectivity index (χ2n) is 11.9. The quantitative estimate of drug-likeness (QED) is 0.459. The highest BCUT2D eigenvalue weighted by Gasteiger charge is 2.50. The van der Waals surface area contributed by atoms with Gasteiger partial charge in [-0.15, -0.1) is 11.3 Å². The average Bonchev–Trinajstić information content (AvgIpc) is 3.36. The molecular weight excluding hydrogens is 526 g/mol. The summed E-state index contributed by atoms with van der Waals surface area (Å²) in [6.07, 6.45) is 10.3. The van der Waals surface area contributed by atoms with E-state index in [0.29, 0.717) is 39.3 Å². The van der Waals surface area contributed by atoms with Gasteiger partial charge in [0.25, 0.3) is 15.9 Å². The van der Waals surface area contributed by atoms with Crippen molar-refractivity contribution in [1.29, 1.82) is 0 Å². The van der Waals surface area contributed by atoms with Crippen molar-refractivity contribution in [3.05, 3.63) is 51.9 Å². The zero-order chi connectivity index (χ0) is 25.6. The van der Waals surface area contributed by atoms with Gasteiger partial charge in [-0.3, -0.25) is 4.79 Å². The third kappa shape index (κ3) is 5.50. The number of carbonyl (C=O) groups excluding carboxylic acids is 1. The van der Waals surface area contributed by atoms with E-state index < -0.39 is 10.0 Å². The number of piperidine rings is 1. The van der Waals surface area contributed by atoms with Crippen molar-refractivity contribution < 1.29 is 13.2 Å². The van der Waals surface area contributed by atoms with Crippen LogP contribution < -0.4 is 10.6 Å². The van der Waals surface area contributed by atoms with E-state index in [2.05, 4.69) is 10.6 Å². The third-order valence-electron chi connectivity index (χ3n) is 9.15. The minimum atomic E-state index is -3.52. The summed E-state index contributed by atoms with van der Waals surface area (Å²) in [6.45, 7) is 2.52. The van der Waals surface area contributed by atoms with Gasteiger partial charge in [0.1, 0.15) is 4.21 Å². The fourth-order valence-electron chi connectivity index (χ4n) is 7.76. The van der Waals surface area contributed by atoms with Crippen LogP contribution in [-0.4, -0.2) is 44.3 Å². The van der Waals surface area contributed by atoms with E-state index in [4.69, 9.17) is 11.6 Å². The fourth-order valence-corrected chi connectivity index (χ4v) is 10.8. The number of rotatable bonds is 8. The van der Waals surface area contributed by atoms with Crippen molar-refractivity contribution in [3.8, 4) is 0 Å². The van der Waals surface area contributed by atoms with Crippen LogP contribution in [0.25, 0.3) is 0 Å². The Morgan fingerprint density at radius 1 is 0.973 bits per heavy atom. The summed E-state index contributed by atoms with van der Waals surface area (Å²) in [5, 5.41) is 7.31. The molecule has 7 rings (SSSR count). The number of hydrogen-bond acceptors (Lipinski definition) is 5. The molecule has 4 aliphatic carbocycles. The first-order valence-electron chi connectivity index (χ1n) is 13.6. The second kappa shape index (κ2) is 10.3. The monoisotopic (exact) mass is 561 g/mol. The summed E-state index contributed by atoms with van der Waals surface area (Å²) in [6, 6.07) is 10.6. The van der Waals surface area contributed by atoms with Crippen LogP contribution in [0.1, 0.15) is 66.6 Å². The maximum absolute atomic E-state index is 13.3. The highest BCUT2D eigenvalue weighted by molar-refractivity contribution is 7.91. The first-order chi connectivity index (χ1) is 17.8. The highest BCUT2D eigenvalue weighted by Crippen LogP contribution is 2.59. The predicted molar refractivity (Wildman–Crippen MR) is 147 cm³/mol. The van der Waals surface area contributed by atoms with Gasteiger partial charge < -0.3 is 10.6 Å². The molecule has 1 amide bonds. The summed E-state index contributed by atoms with van der Waals surface area (Å²) < 4.78 is 28.6. The summed E-state index contributed by atoms with van der Waals surface area (Å²) in [7, 11) is -3.52. The lowest BCUT2D eigenvalue weighted by atomic mass is 9.49. The maximum atomic E-state index is 13.3. The SMILES string of the molecule is O=C(NCc1ccc(S(=O)(=O)N2CCC(NCC34CC5CC(CC(C5)C3)C4)CC2)s1)c1ccc(Cl)cc1. The molecule has 6 nitrogen and oxygen atoms in total.